The van der Waals surface area contributed by atoms with Gasteiger partial charge < -0.3 is 10.7 Å². The highest BCUT2D eigenvalue weighted by Crippen LogP contribution is 1.96. The first kappa shape index (κ1) is 7.28. The number of hydrogen-bond acceptors (Lipinski definition) is 2. The van der Waals surface area contributed by atoms with Gasteiger partial charge in [-0.3, -0.25) is 0 Å². The van der Waals surface area contributed by atoms with Crippen molar-refractivity contribution in [2.24, 2.45) is 5.73 Å². The monoisotopic (exact) mass is 139 g/mol. The van der Waals surface area contributed by atoms with Crippen molar-refractivity contribution in [1.82, 2.24) is 9.97 Å². The molecule has 0 unspecified atom stereocenters. The van der Waals surface area contributed by atoms with Gasteiger partial charge in [-0.25, -0.2) is 4.98 Å². The van der Waals surface area contributed by atoms with Crippen LogP contribution in [0.15, 0.2) is 6.20 Å². The molecule has 1 aromatic heterocycles. The van der Waals surface area contributed by atoms with Gasteiger partial charge in [-0.1, -0.05) is 6.92 Å². The molecule has 1 heterocycles. The largest absolute Gasteiger partial charge is 0.346 e. The number of rotatable bonds is 3. The molecule has 1 aromatic rings. The van der Waals surface area contributed by atoms with E-state index in [1.165, 1.54) is 5.69 Å². The standard InChI is InChI=1S/C7H13N3/c1-2-6-5-9-7(10-6)3-4-8/h5H,2-4,8H2,1H3,(H,9,10). The van der Waals surface area contributed by atoms with E-state index in [1.807, 2.05) is 6.20 Å². The highest BCUT2D eigenvalue weighted by atomic mass is 14.9. The third kappa shape index (κ3) is 1.57. The predicted molar refractivity (Wildman–Crippen MR) is 40.7 cm³/mol. The van der Waals surface area contributed by atoms with E-state index in [4.69, 9.17) is 5.73 Å². The van der Waals surface area contributed by atoms with Crippen LogP contribution in [0.3, 0.4) is 0 Å². The van der Waals surface area contributed by atoms with Gasteiger partial charge in [-0.2, -0.15) is 0 Å². The minimum Gasteiger partial charge on any atom is -0.346 e. The quantitative estimate of drug-likeness (QED) is 0.639. The van der Waals surface area contributed by atoms with Gasteiger partial charge in [0.15, 0.2) is 0 Å². The van der Waals surface area contributed by atoms with Crippen LogP contribution in [0, 0.1) is 0 Å². The number of imidazole rings is 1. The molecule has 0 aliphatic heterocycles. The zero-order valence-corrected chi connectivity index (χ0v) is 6.22. The Morgan fingerprint density at radius 1 is 1.70 bits per heavy atom. The summed E-state index contributed by atoms with van der Waals surface area (Å²) >= 11 is 0. The number of hydrogen-bond donors (Lipinski definition) is 2. The van der Waals surface area contributed by atoms with E-state index in [-0.39, 0.29) is 0 Å². The third-order valence-corrected chi connectivity index (χ3v) is 1.44. The van der Waals surface area contributed by atoms with Crippen molar-refractivity contribution < 1.29 is 0 Å². The molecular weight excluding hydrogens is 126 g/mol. The van der Waals surface area contributed by atoms with Gasteiger partial charge in [-0.15, -0.1) is 0 Å². The van der Waals surface area contributed by atoms with Crippen molar-refractivity contribution in [3.05, 3.63) is 17.7 Å². The fraction of sp³-hybridized carbons (Fsp3) is 0.571. The van der Waals surface area contributed by atoms with E-state index in [1.54, 1.807) is 0 Å². The molecule has 1 rings (SSSR count). The summed E-state index contributed by atoms with van der Waals surface area (Å²) in [7, 11) is 0. The summed E-state index contributed by atoms with van der Waals surface area (Å²) in [5.74, 6) is 0.999. The molecule has 3 N–H and O–H groups in total. The van der Waals surface area contributed by atoms with E-state index in [9.17, 15) is 0 Å². The van der Waals surface area contributed by atoms with Gasteiger partial charge in [0.2, 0.25) is 0 Å². The van der Waals surface area contributed by atoms with Gasteiger partial charge in [0.1, 0.15) is 5.82 Å². The third-order valence-electron chi connectivity index (χ3n) is 1.44. The second kappa shape index (κ2) is 3.37. The lowest BCUT2D eigenvalue weighted by Gasteiger charge is -1.89. The van der Waals surface area contributed by atoms with E-state index in [2.05, 4.69) is 16.9 Å². The van der Waals surface area contributed by atoms with E-state index >= 15 is 0 Å². The van der Waals surface area contributed by atoms with E-state index in [0.29, 0.717) is 6.54 Å². The summed E-state index contributed by atoms with van der Waals surface area (Å²) in [6.07, 6.45) is 3.72. The lowest BCUT2D eigenvalue weighted by atomic mass is 10.4. The Labute approximate surface area is 60.7 Å². The topological polar surface area (TPSA) is 54.7 Å². The molecule has 0 saturated carbocycles. The number of nitrogens with one attached hydrogen (secondary N) is 1. The normalized spacial score (nSPS) is 10.2. The summed E-state index contributed by atoms with van der Waals surface area (Å²) in [6.45, 7) is 2.76. The van der Waals surface area contributed by atoms with Crippen LogP contribution in [0.4, 0.5) is 0 Å². The van der Waals surface area contributed by atoms with Crippen LogP contribution in [-0.2, 0) is 12.8 Å². The Balaban J connectivity index is 2.59. The van der Waals surface area contributed by atoms with Crippen molar-refractivity contribution in [3.63, 3.8) is 0 Å². The minimum absolute atomic E-state index is 0.663. The number of H-pyrrole nitrogens is 1. The van der Waals surface area contributed by atoms with Crippen molar-refractivity contribution in [2.45, 2.75) is 19.8 Å². The molecule has 0 fully saturated rings. The Bertz CT molecular complexity index is 192. The van der Waals surface area contributed by atoms with Gasteiger partial charge >= 0.3 is 0 Å². The predicted octanol–water partition coefficient (Wildman–Crippen LogP) is 0.473. The number of aromatic amines is 1. The summed E-state index contributed by atoms with van der Waals surface area (Å²) in [6, 6.07) is 0. The second-order valence-electron chi connectivity index (χ2n) is 2.25. The van der Waals surface area contributed by atoms with Crippen molar-refractivity contribution in [2.75, 3.05) is 6.54 Å². The Kier molecular flexibility index (Phi) is 2.45. The zero-order valence-electron chi connectivity index (χ0n) is 6.22. The molecule has 0 saturated heterocycles. The number of aromatic nitrogens is 2. The van der Waals surface area contributed by atoms with Crippen LogP contribution >= 0.6 is 0 Å². The smallest absolute Gasteiger partial charge is 0.107 e. The van der Waals surface area contributed by atoms with Gasteiger partial charge in [0.05, 0.1) is 0 Å². The van der Waals surface area contributed by atoms with Crippen LogP contribution in [0.5, 0.6) is 0 Å². The summed E-state index contributed by atoms with van der Waals surface area (Å²) in [4.78, 5) is 7.31. The number of aryl methyl sites for hydroxylation is 1. The van der Waals surface area contributed by atoms with Gasteiger partial charge in [0, 0.05) is 18.3 Å². The van der Waals surface area contributed by atoms with Crippen LogP contribution in [0.2, 0.25) is 0 Å². The molecule has 0 aromatic carbocycles. The van der Waals surface area contributed by atoms with Crippen molar-refractivity contribution in [3.8, 4) is 0 Å². The average molecular weight is 139 g/mol. The van der Waals surface area contributed by atoms with Crippen LogP contribution < -0.4 is 5.73 Å². The first-order valence-corrected chi connectivity index (χ1v) is 3.59. The molecular formula is C7H13N3. The molecule has 0 aliphatic carbocycles. The van der Waals surface area contributed by atoms with Crippen LogP contribution in [-0.4, -0.2) is 16.5 Å². The maximum absolute atomic E-state index is 5.35. The van der Waals surface area contributed by atoms with Crippen LogP contribution in [0.1, 0.15) is 18.4 Å². The summed E-state index contributed by atoms with van der Waals surface area (Å²) in [5.41, 5.74) is 6.54. The molecule has 0 amide bonds. The number of nitrogens with two attached hydrogens (primary N) is 1. The summed E-state index contributed by atoms with van der Waals surface area (Å²) in [5, 5.41) is 0. The fourth-order valence-electron chi connectivity index (χ4n) is 0.849. The Morgan fingerprint density at radius 3 is 3.00 bits per heavy atom. The molecule has 0 atom stereocenters. The molecule has 10 heavy (non-hydrogen) atoms. The van der Waals surface area contributed by atoms with Gasteiger partial charge in [0.25, 0.3) is 0 Å². The summed E-state index contributed by atoms with van der Waals surface area (Å²) < 4.78 is 0. The first-order chi connectivity index (χ1) is 4.86. The Morgan fingerprint density at radius 2 is 2.50 bits per heavy atom. The lowest BCUT2D eigenvalue weighted by molar-refractivity contribution is 0.885. The maximum atomic E-state index is 5.35. The zero-order chi connectivity index (χ0) is 7.40. The minimum atomic E-state index is 0.663. The van der Waals surface area contributed by atoms with E-state index in [0.717, 1.165) is 18.7 Å². The molecule has 0 aliphatic rings. The molecule has 56 valence electrons. The highest BCUT2D eigenvalue weighted by Gasteiger charge is 1.95. The van der Waals surface area contributed by atoms with E-state index < -0.39 is 0 Å². The van der Waals surface area contributed by atoms with Gasteiger partial charge in [-0.05, 0) is 13.0 Å². The Hall–Kier alpha value is -0.830. The van der Waals surface area contributed by atoms with Crippen molar-refractivity contribution in [1.29, 1.82) is 0 Å². The molecule has 3 nitrogen and oxygen atoms in total. The molecule has 0 radical (unpaired) electrons. The van der Waals surface area contributed by atoms with Crippen LogP contribution in [0.25, 0.3) is 0 Å². The molecule has 3 heteroatoms. The SMILES string of the molecule is CCc1cnc(CCN)[nH]1. The second-order valence-corrected chi connectivity index (χ2v) is 2.25. The highest BCUT2D eigenvalue weighted by molar-refractivity contribution is 5.00. The fourth-order valence-corrected chi connectivity index (χ4v) is 0.849. The molecule has 0 spiro atoms. The maximum Gasteiger partial charge on any atom is 0.107 e. The first-order valence-electron chi connectivity index (χ1n) is 3.59. The average Bonchev–Trinajstić information content (AvgIpc) is 2.37. The van der Waals surface area contributed by atoms with Crippen molar-refractivity contribution >= 4 is 0 Å². The number of nitrogens with zero attached hydrogens (tertiary/aromatic N) is 1. The molecule has 0 bridgehead atoms. The lowest BCUT2D eigenvalue weighted by Crippen LogP contribution is -2.03.